The third kappa shape index (κ3) is 2.74. The van der Waals surface area contributed by atoms with E-state index in [2.05, 4.69) is 42.2 Å². The highest BCUT2D eigenvalue weighted by atomic mass is 16.3. The molecule has 2 nitrogen and oxygen atoms in total. The van der Waals surface area contributed by atoms with E-state index in [1.54, 1.807) is 0 Å². The van der Waals surface area contributed by atoms with Gasteiger partial charge in [-0.3, -0.25) is 0 Å². The van der Waals surface area contributed by atoms with E-state index < -0.39 is 0 Å². The first-order valence-electron chi connectivity index (χ1n) is 7.31. The number of pyridine rings is 1. The van der Waals surface area contributed by atoms with Crippen LogP contribution in [0.4, 0.5) is 0 Å². The molecule has 20 heavy (non-hydrogen) atoms. The highest BCUT2D eigenvalue weighted by Crippen LogP contribution is 2.26. The average Bonchev–Trinajstić information content (AvgIpc) is 2.92. The molecule has 0 radical (unpaired) electrons. The van der Waals surface area contributed by atoms with Crippen LogP contribution in [0.2, 0.25) is 0 Å². The minimum Gasteiger partial charge on any atom is -0.438 e. The van der Waals surface area contributed by atoms with Crippen LogP contribution < -0.4 is 0 Å². The molecule has 0 amide bonds. The predicted molar refractivity (Wildman–Crippen MR) is 82.7 cm³/mol. The Morgan fingerprint density at radius 1 is 1.00 bits per heavy atom. The summed E-state index contributed by atoms with van der Waals surface area (Å²) in [7, 11) is 0. The lowest BCUT2D eigenvalue weighted by atomic mass is 10.1. The third-order valence-electron chi connectivity index (χ3n) is 3.54. The number of benzene rings is 1. The van der Waals surface area contributed by atoms with Crippen molar-refractivity contribution in [3.8, 4) is 11.3 Å². The summed E-state index contributed by atoms with van der Waals surface area (Å²) in [4.78, 5) is 4.63. The molecular formula is C18H19NO. The lowest BCUT2D eigenvalue weighted by molar-refractivity contribution is 0.614. The molecule has 0 spiro atoms. The Morgan fingerprint density at radius 3 is 2.65 bits per heavy atom. The van der Waals surface area contributed by atoms with Crippen molar-refractivity contribution in [2.45, 2.75) is 32.6 Å². The van der Waals surface area contributed by atoms with Gasteiger partial charge in [0.1, 0.15) is 5.76 Å². The molecule has 0 bridgehead atoms. The molecular weight excluding hydrogens is 246 g/mol. The van der Waals surface area contributed by atoms with E-state index in [4.69, 9.17) is 4.42 Å². The number of fused-ring (bicyclic) bond motifs is 1. The zero-order chi connectivity index (χ0) is 13.8. The largest absolute Gasteiger partial charge is 0.438 e. The molecule has 0 saturated carbocycles. The number of hydrogen-bond donors (Lipinski definition) is 0. The van der Waals surface area contributed by atoms with Gasteiger partial charge in [-0.1, -0.05) is 50.1 Å². The van der Waals surface area contributed by atoms with Crippen molar-refractivity contribution in [1.29, 1.82) is 0 Å². The summed E-state index contributed by atoms with van der Waals surface area (Å²) in [6, 6.07) is 16.4. The third-order valence-corrected chi connectivity index (χ3v) is 3.54. The van der Waals surface area contributed by atoms with Crippen molar-refractivity contribution in [3.05, 3.63) is 54.2 Å². The van der Waals surface area contributed by atoms with Gasteiger partial charge in [-0.15, -0.1) is 0 Å². The second-order valence-electron chi connectivity index (χ2n) is 5.13. The first kappa shape index (κ1) is 12.9. The van der Waals surface area contributed by atoms with Gasteiger partial charge in [0.15, 0.2) is 0 Å². The van der Waals surface area contributed by atoms with Crippen LogP contribution in [0.3, 0.4) is 0 Å². The number of furan rings is 1. The van der Waals surface area contributed by atoms with Crippen LogP contribution in [0.25, 0.3) is 22.4 Å². The Balaban J connectivity index is 1.88. The van der Waals surface area contributed by atoms with E-state index in [0.717, 1.165) is 34.5 Å². The van der Waals surface area contributed by atoms with E-state index in [0.29, 0.717) is 0 Å². The van der Waals surface area contributed by atoms with Crippen molar-refractivity contribution in [2.24, 2.45) is 0 Å². The Bertz CT molecular complexity index is 685. The van der Waals surface area contributed by atoms with E-state index in [1.807, 2.05) is 18.2 Å². The van der Waals surface area contributed by atoms with Crippen molar-refractivity contribution in [2.75, 3.05) is 0 Å². The van der Waals surface area contributed by atoms with Crippen LogP contribution in [0.5, 0.6) is 0 Å². The molecule has 0 aliphatic heterocycles. The molecule has 102 valence electrons. The number of nitrogens with zero attached hydrogens (tertiary/aromatic N) is 1. The fourth-order valence-corrected chi connectivity index (χ4v) is 2.40. The minimum absolute atomic E-state index is 0.748. The molecule has 2 heterocycles. The van der Waals surface area contributed by atoms with Crippen molar-refractivity contribution in [3.63, 3.8) is 0 Å². The maximum atomic E-state index is 5.89. The maximum Gasteiger partial charge on any atom is 0.226 e. The number of unbranched alkanes of at least 4 members (excludes halogenated alkanes) is 2. The molecule has 3 aromatic rings. The zero-order valence-electron chi connectivity index (χ0n) is 11.8. The molecule has 2 heteroatoms. The number of hydrogen-bond acceptors (Lipinski definition) is 2. The quantitative estimate of drug-likeness (QED) is 0.590. The van der Waals surface area contributed by atoms with Gasteiger partial charge in [-0.25, -0.2) is 4.98 Å². The number of aryl methyl sites for hydroxylation is 1. The van der Waals surface area contributed by atoms with Gasteiger partial charge in [0.2, 0.25) is 5.71 Å². The van der Waals surface area contributed by atoms with Gasteiger partial charge in [-0.2, -0.15) is 0 Å². The van der Waals surface area contributed by atoms with E-state index in [-0.39, 0.29) is 0 Å². The Hall–Kier alpha value is -2.09. The highest BCUT2D eigenvalue weighted by Gasteiger charge is 2.07. The van der Waals surface area contributed by atoms with Gasteiger partial charge in [-0.05, 0) is 31.0 Å². The first-order valence-corrected chi connectivity index (χ1v) is 7.31. The molecule has 0 atom stereocenters. The van der Waals surface area contributed by atoms with E-state index in [9.17, 15) is 0 Å². The molecule has 2 aromatic heterocycles. The summed E-state index contributed by atoms with van der Waals surface area (Å²) in [6.45, 7) is 2.22. The summed E-state index contributed by atoms with van der Waals surface area (Å²) in [5.74, 6) is 0.888. The summed E-state index contributed by atoms with van der Waals surface area (Å²) in [5.41, 5.74) is 2.97. The first-order chi connectivity index (χ1) is 9.86. The van der Waals surface area contributed by atoms with Crippen LogP contribution in [-0.2, 0) is 6.42 Å². The van der Waals surface area contributed by atoms with Crippen LogP contribution in [0, 0.1) is 0 Å². The average molecular weight is 265 g/mol. The molecule has 1 aromatic carbocycles. The van der Waals surface area contributed by atoms with Gasteiger partial charge < -0.3 is 4.42 Å². The number of rotatable bonds is 5. The van der Waals surface area contributed by atoms with Crippen LogP contribution in [0.15, 0.2) is 52.9 Å². The van der Waals surface area contributed by atoms with Crippen LogP contribution >= 0.6 is 0 Å². The van der Waals surface area contributed by atoms with Gasteiger partial charge in [0.25, 0.3) is 0 Å². The summed E-state index contributed by atoms with van der Waals surface area (Å²) in [6.07, 6.45) is 4.72. The monoisotopic (exact) mass is 265 g/mol. The standard InChI is InChI=1S/C18H19NO/c1-2-3-5-10-16-12-11-15-13-17(20-18(15)19-16)14-8-6-4-7-9-14/h4,6-9,11-13H,2-3,5,10H2,1H3. The zero-order valence-corrected chi connectivity index (χ0v) is 11.8. The molecule has 0 fully saturated rings. The molecule has 0 aliphatic rings. The topological polar surface area (TPSA) is 26.0 Å². The Labute approximate surface area is 119 Å². The van der Waals surface area contributed by atoms with Crippen molar-refractivity contribution in [1.82, 2.24) is 4.98 Å². The van der Waals surface area contributed by atoms with Gasteiger partial charge >= 0.3 is 0 Å². The molecule has 0 N–H and O–H groups in total. The van der Waals surface area contributed by atoms with Crippen LogP contribution in [0.1, 0.15) is 31.9 Å². The fraction of sp³-hybridized carbons (Fsp3) is 0.278. The van der Waals surface area contributed by atoms with E-state index >= 15 is 0 Å². The smallest absolute Gasteiger partial charge is 0.226 e. The fourth-order valence-electron chi connectivity index (χ4n) is 2.40. The van der Waals surface area contributed by atoms with Crippen molar-refractivity contribution >= 4 is 11.1 Å². The Morgan fingerprint density at radius 2 is 1.85 bits per heavy atom. The van der Waals surface area contributed by atoms with Crippen LogP contribution in [-0.4, -0.2) is 4.98 Å². The lowest BCUT2D eigenvalue weighted by Gasteiger charge is -1.99. The molecule has 0 saturated heterocycles. The minimum atomic E-state index is 0.748. The molecule has 0 unspecified atom stereocenters. The lowest BCUT2D eigenvalue weighted by Crippen LogP contribution is -1.89. The second-order valence-corrected chi connectivity index (χ2v) is 5.13. The van der Waals surface area contributed by atoms with Gasteiger partial charge in [0, 0.05) is 16.6 Å². The normalized spacial score (nSPS) is 11.1. The highest BCUT2D eigenvalue weighted by molar-refractivity contribution is 5.80. The van der Waals surface area contributed by atoms with E-state index in [1.165, 1.54) is 19.3 Å². The molecule has 3 rings (SSSR count). The molecule has 0 aliphatic carbocycles. The van der Waals surface area contributed by atoms with Gasteiger partial charge in [0.05, 0.1) is 0 Å². The maximum absolute atomic E-state index is 5.89. The Kier molecular flexibility index (Phi) is 3.82. The predicted octanol–water partition coefficient (Wildman–Crippen LogP) is 5.23. The summed E-state index contributed by atoms with van der Waals surface area (Å²) in [5, 5.41) is 1.07. The number of aromatic nitrogens is 1. The second kappa shape index (κ2) is 5.91. The SMILES string of the molecule is CCCCCc1ccc2cc(-c3ccccc3)oc2n1. The summed E-state index contributed by atoms with van der Waals surface area (Å²) < 4.78 is 5.89. The summed E-state index contributed by atoms with van der Waals surface area (Å²) >= 11 is 0. The van der Waals surface area contributed by atoms with Crippen molar-refractivity contribution < 1.29 is 4.42 Å².